The molecule has 0 aromatic heterocycles. The molecule has 0 aliphatic carbocycles. The number of likely N-dealkylation sites (tertiary alicyclic amines) is 1. The van der Waals surface area contributed by atoms with Crippen molar-refractivity contribution in [2.75, 3.05) is 18.4 Å². The first-order valence-corrected chi connectivity index (χ1v) is 9.38. The lowest BCUT2D eigenvalue weighted by molar-refractivity contribution is 0.127. The Balaban J connectivity index is 1.61. The molecular formula is C22H24ClFN2O. The van der Waals surface area contributed by atoms with Gasteiger partial charge in [0.05, 0.1) is 0 Å². The standard InChI is InChI=1S/C22H24ClFN2O/c1-15(2)25-18-6-9-22(23)21(14-18)16(3)26-12-10-20(11-13-26)27-19-7-4-17(24)5-8-19/h4-9,14,20,25H,1,3,10-13H2,2H3. The molecule has 0 radical (unpaired) electrons. The molecule has 2 aromatic carbocycles. The predicted octanol–water partition coefficient (Wildman–Crippen LogP) is 5.94. The van der Waals surface area contributed by atoms with E-state index in [-0.39, 0.29) is 11.9 Å². The number of anilines is 1. The van der Waals surface area contributed by atoms with Gasteiger partial charge in [-0.15, -0.1) is 0 Å². The van der Waals surface area contributed by atoms with Gasteiger partial charge in [-0.2, -0.15) is 0 Å². The molecule has 0 atom stereocenters. The minimum absolute atomic E-state index is 0.117. The molecule has 1 fully saturated rings. The maximum Gasteiger partial charge on any atom is 0.123 e. The van der Waals surface area contributed by atoms with Gasteiger partial charge in [0, 0.05) is 53.6 Å². The summed E-state index contributed by atoms with van der Waals surface area (Å²) in [5, 5.41) is 3.89. The fourth-order valence-corrected chi connectivity index (χ4v) is 3.42. The Kier molecular flexibility index (Phi) is 6.07. The number of allylic oxidation sites excluding steroid dienone is 1. The number of nitrogens with zero attached hydrogens (tertiary/aromatic N) is 1. The second-order valence-electron chi connectivity index (χ2n) is 6.80. The van der Waals surface area contributed by atoms with Crippen molar-refractivity contribution in [2.45, 2.75) is 25.9 Å². The van der Waals surface area contributed by atoms with Gasteiger partial charge in [-0.05, 0) is 49.4 Å². The molecule has 3 nitrogen and oxygen atoms in total. The third-order valence-electron chi connectivity index (χ3n) is 4.58. The fourth-order valence-electron chi connectivity index (χ4n) is 3.19. The Morgan fingerprint density at radius 1 is 1.15 bits per heavy atom. The lowest BCUT2D eigenvalue weighted by atomic mass is 10.0. The van der Waals surface area contributed by atoms with Gasteiger partial charge in [0.15, 0.2) is 0 Å². The summed E-state index contributed by atoms with van der Waals surface area (Å²) in [6, 6.07) is 12.0. The van der Waals surface area contributed by atoms with Crippen molar-refractivity contribution in [3.8, 4) is 5.75 Å². The van der Waals surface area contributed by atoms with E-state index in [1.54, 1.807) is 12.1 Å². The molecule has 0 unspecified atom stereocenters. The second kappa shape index (κ2) is 8.49. The van der Waals surface area contributed by atoms with E-state index in [1.807, 2.05) is 25.1 Å². The van der Waals surface area contributed by atoms with E-state index >= 15 is 0 Å². The van der Waals surface area contributed by atoms with Crippen molar-refractivity contribution in [3.63, 3.8) is 0 Å². The van der Waals surface area contributed by atoms with E-state index in [0.29, 0.717) is 10.8 Å². The van der Waals surface area contributed by atoms with Gasteiger partial charge in [0.2, 0.25) is 0 Å². The monoisotopic (exact) mass is 386 g/mol. The molecule has 0 saturated carbocycles. The van der Waals surface area contributed by atoms with E-state index < -0.39 is 0 Å². The third kappa shape index (κ3) is 5.04. The SMILES string of the molecule is C=C(C)Nc1ccc(Cl)c(C(=C)N2CCC(Oc3ccc(F)cc3)CC2)c1. The van der Waals surface area contributed by atoms with Crippen molar-refractivity contribution in [3.05, 3.63) is 77.7 Å². The summed E-state index contributed by atoms with van der Waals surface area (Å²) in [4.78, 5) is 2.23. The van der Waals surface area contributed by atoms with Crippen LogP contribution in [-0.4, -0.2) is 24.1 Å². The van der Waals surface area contributed by atoms with Gasteiger partial charge in [-0.1, -0.05) is 24.8 Å². The average molecular weight is 387 g/mol. The molecule has 1 N–H and O–H groups in total. The Morgan fingerprint density at radius 3 is 2.44 bits per heavy atom. The first-order valence-electron chi connectivity index (χ1n) is 9.01. The highest BCUT2D eigenvalue weighted by atomic mass is 35.5. The molecule has 0 spiro atoms. The van der Waals surface area contributed by atoms with Crippen LogP contribution in [0.3, 0.4) is 0 Å². The fraction of sp³-hybridized carbons (Fsp3) is 0.273. The highest BCUT2D eigenvalue weighted by Gasteiger charge is 2.23. The molecule has 142 valence electrons. The predicted molar refractivity (Wildman–Crippen MR) is 111 cm³/mol. The zero-order valence-corrected chi connectivity index (χ0v) is 16.2. The maximum absolute atomic E-state index is 13.0. The average Bonchev–Trinajstić information content (AvgIpc) is 2.65. The first-order chi connectivity index (χ1) is 12.9. The van der Waals surface area contributed by atoms with Crippen LogP contribution < -0.4 is 10.1 Å². The molecule has 0 bridgehead atoms. The van der Waals surface area contributed by atoms with Gasteiger partial charge in [-0.3, -0.25) is 0 Å². The number of halogens is 2. The molecule has 2 aromatic rings. The minimum atomic E-state index is -0.256. The molecule has 1 saturated heterocycles. The molecule has 1 aliphatic heterocycles. The molecule has 1 heterocycles. The smallest absolute Gasteiger partial charge is 0.123 e. The van der Waals surface area contributed by atoms with E-state index in [9.17, 15) is 4.39 Å². The van der Waals surface area contributed by atoms with Crippen LogP contribution in [0.25, 0.3) is 5.70 Å². The summed E-state index contributed by atoms with van der Waals surface area (Å²) in [5.74, 6) is 0.448. The number of nitrogens with one attached hydrogen (secondary N) is 1. The van der Waals surface area contributed by atoms with E-state index in [2.05, 4.69) is 23.4 Å². The van der Waals surface area contributed by atoms with Crippen LogP contribution in [0.2, 0.25) is 5.02 Å². The van der Waals surface area contributed by atoms with Gasteiger partial charge < -0.3 is 15.0 Å². The van der Waals surface area contributed by atoms with Crippen LogP contribution in [0.15, 0.2) is 61.3 Å². The second-order valence-corrected chi connectivity index (χ2v) is 7.21. The summed E-state index contributed by atoms with van der Waals surface area (Å²) in [7, 11) is 0. The zero-order chi connectivity index (χ0) is 19.4. The van der Waals surface area contributed by atoms with Gasteiger partial charge >= 0.3 is 0 Å². The van der Waals surface area contributed by atoms with Crippen LogP contribution in [-0.2, 0) is 0 Å². The van der Waals surface area contributed by atoms with Crippen molar-refractivity contribution in [1.29, 1.82) is 0 Å². The number of hydrogen-bond donors (Lipinski definition) is 1. The number of benzene rings is 2. The number of rotatable bonds is 6. The van der Waals surface area contributed by atoms with Crippen LogP contribution >= 0.6 is 11.6 Å². The van der Waals surface area contributed by atoms with Gasteiger partial charge in [0.25, 0.3) is 0 Å². The number of piperidine rings is 1. The lowest BCUT2D eigenvalue weighted by Gasteiger charge is -2.35. The van der Waals surface area contributed by atoms with Crippen LogP contribution in [0.4, 0.5) is 10.1 Å². The summed E-state index contributed by atoms with van der Waals surface area (Å²) in [6.45, 7) is 11.7. The lowest BCUT2D eigenvalue weighted by Crippen LogP contribution is -2.37. The Hall–Kier alpha value is -2.46. The highest BCUT2D eigenvalue weighted by Crippen LogP contribution is 2.31. The van der Waals surface area contributed by atoms with Crippen molar-refractivity contribution < 1.29 is 9.13 Å². The topological polar surface area (TPSA) is 24.5 Å². The largest absolute Gasteiger partial charge is 0.490 e. The Bertz CT molecular complexity index is 827. The van der Waals surface area contributed by atoms with E-state index in [0.717, 1.165) is 48.6 Å². The number of ether oxygens (including phenoxy) is 1. The van der Waals surface area contributed by atoms with Crippen LogP contribution in [0, 0.1) is 5.82 Å². The van der Waals surface area contributed by atoms with Crippen LogP contribution in [0.5, 0.6) is 5.75 Å². The van der Waals surface area contributed by atoms with E-state index in [4.69, 9.17) is 16.3 Å². The normalized spacial score (nSPS) is 14.7. The maximum atomic E-state index is 13.0. The Labute approximate surface area is 165 Å². The summed E-state index contributed by atoms with van der Waals surface area (Å²) < 4.78 is 19.0. The summed E-state index contributed by atoms with van der Waals surface area (Å²) in [6.07, 6.45) is 1.86. The molecule has 0 amide bonds. The Morgan fingerprint density at radius 2 is 1.81 bits per heavy atom. The molecule has 27 heavy (non-hydrogen) atoms. The highest BCUT2D eigenvalue weighted by molar-refractivity contribution is 6.32. The summed E-state index contributed by atoms with van der Waals surface area (Å²) in [5.41, 5.74) is 3.64. The van der Waals surface area contributed by atoms with Gasteiger partial charge in [-0.25, -0.2) is 4.39 Å². The minimum Gasteiger partial charge on any atom is -0.490 e. The first kappa shape index (κ1) is 19.3. The van der Waals surface area contributed by atoms with Crippen LogP contribution in [0.1, 0.15) is 25.3 Å². The third-order valence-corrected chi connectivity index (χ3v) is 4.90. The van der Waals surface area contributed by atoms with Crippen molar-refractivity contribution in [2.24, 2.45) is 0 Å². The van der Waals surface area contributed by atoms with Crippen molar-refractivity contribution >= 4 is 23.0 Å². The molecular weight excluding hydrogens is 363 g/mol. The van der Waals surface area contributed by atoms with E-state index in [1.165, 1.54) is 12.1 Å². The van der Waals surface area contributed by atoms with Crippen molar-refractivity contribution in [1.82, 2.24) is 4.90 Å². The molecule has 1 aliphatic rings. The number of hydrogen-bond acceptors (Lipinski definition) is 3. The quantitative estimate of drug-likeness (QED) is 0.665. The zero-order valence-electron chi connectivity index (χ0n) is 15.5. The van der Waals surface area contributed by atoms with Gasteiger partial charge in [0.1, 0.15) is 17.7 Å². The molecule has 3 rings (SSSR count). The summed E-state index contributed by atoms with van der Waals surface area (Å²) >= 11 is 6.40. The molecule has 5 heteroatoms.